The molecule has 18 heavy (non-hydrogen) atoms. The van der Waals surface area contributed by atoms with Crippen LogP contribution < -0.4 is 10.0 Å². The van der Waals surface area contributed by atoms with E-state index in [1.807, 2.05) is 17.9 Å². The Kier molecular flexibility index (Phi) is 3.69. The summed E-state index contributed by atoms with van der Waals surface area (Å²) in [4.78, 5) is 6.04. The average molecular weight is 287 g/mol. The zero-order chi connectivity index (χ0) is 13.2. The first kappa shape index (κ1) is 13.1. The fourth-order valence-electron chi connectivity index (χ4n) is 1.45. The van der Waals surface area contributed by atoms with Gasteiger partial charge in [0.2, 0.25) is 10.0 Å². The second-order valence-electron chi connectivity index (χ2n) is 3.65. The number of nitrogens with zero attached hydrogens (tertiary/aromatic N) is 2. The summed E-state index contributed by atoms with van der Waals surface area (Å²) < 4.78 is 27.4. The molecule has 6 nitrogen and oxygen atoms in total. The molecule has 0 aliphatic heterocycles. The molecule has 0 atom stereocenters. The van der Waals surface area contributed by atoms with Crippen LogP contribution in [0.4, 0.5) is 5.13 Å². The topological polar surface area (TPSA) is 89.4 Å². The Morgan fingerprint density at radius 2 is 2.33 bits per heavy atom. The second kappa shape index (κ2) is 5.09. The maximum Gasteiger partial charge on any atom is 0.249 e. The van der Waals surface area contributed by atoms with Gasteiger partial charge >= 0.3 is 0 Å². The summed E-state index contributed by atoms with van der Waals surface area (Å²) in [6, 6.07) is 1.86. The fourth-order valence-corrected chi connectivity index (χ4v) is 3.05. The predicted octanol–water partition coefficient (Wildman–Crippen LogP) is 1.41. The van der Waals surface area contributed by atoms with Crippen LogP contribution >= 0.6 is 11.3 Å². The van der Waals surface area contributed by atoms with Crippen molar-refractivity contribution in [3.63, 3.8) is 0 Å². The van der Waals surface area contributed by atoms with Crippen LogP contribution in [-0.2, 0) is 16.6 Å². The average Bonchev–Trinajstić information content (AvgIpc) is 2.95. The monoisotopic (exact) mass is 287 g/mol. The van der Waals surface area contributed by atoms with E-state index in [1.165, 1.54) is 6.20 Å². The fraction of sp³-hybridized carbons (Fsp3) is 0.300. The summed E-state index contributed by atoms with van der Waals surface area (Å²) >= 11 is 1.07. The van der Waals surface area contributed by atoms with Gasteiger partial charge in [0.1, 0.15) is 0 Å². The molecule has 8 heteroatoms. The van der Waals surface area contributed by atoms with Crippen molar-refractivity contribution < 1.29 is 12.8 Å². The number of hydrogen-bond acceptors (Lipinski definition) is 6. The van der Waals surface area contributed by atoms with Gasteiger partial charge in [-0.15, -0.1) is 0 Å². The highest BCUT2D eigenvalue weighted by Gasteiger charge is 2.16. The van der Waals surface area contributed by atoms with Gasteiger partial charge in [0.15, 0.2) is 9.34 Å². The molecule has 0 aliphatic carbocycles. The third kappa shape index (κ3) is 2.89. The number of nitrogens with two attached hydrogens (primary N) is 1. The van der Waals surface area contributed by atoms with Crippen LogP contribution in [0.1, 0.15) is 12.5 Å². The van der Waals surface area contributed by atoms with E-state index in [0.29, 0.717) is 18.2 Å². The number of hydrogen-bond donors (Lipinski definition) is 1. The Balaban J connectivity index is 2.20. The number of anilines is 1. The van der Waals surface area contributed by atoms with Crippen molar-refractivity contribution in [2.75, 3.05) is 11.4 Å². The molecule has 2 heterocycles. The Labute approximate surface area is 109 Å². The van der Waals surface area contributed by atoms with Crippen molar-refractivity contribution in [3.05, 3.63) is 30.4 Å². The minimum atomic E-state index is -3.67. The molecule has 0 spiro atoms. The van der Waals surface area contributed by atoms with E-state index < -0.39 is 10.0 Å². The third-order valence-electron chi connectivity index (χ3n) is 2.36. The summed E-state index contributed by atoms with van der Waals surface area (Å²) in [5.74, 6) is 0. The summed E-state index contributed by atoms with van der Waals surface area (Å²) in [7, 11) is -3.67. The lowest BCUT2D eigenvalue weighted by atomic mass is 10.3. The van der Waals surface area contributed by atoms with Crippen LogP contribution in [0, 0.1) is 0 Å². The number of furan rings is 1. The Morgan fingerprint density at radius 1 is 1.56 bits per heavy atom. The van der Waals surface area contributed by atoms with Gasteiger partial charge < -0.3 is 9.32 Å². The highest BCUT2D eigenvalue weighted by Crippen LogP contribution is 2.26. The molecule has 2 aromatic heterocycles. The molecule has 2 N–H and O–H groups in total. The first-order valence-corrected chi connectivity index (χ1v) is 7.61. The molecule has 0 aromatic carbocycles. The lowest BCUT2D eigenvalue weighted by Crippen LogP contribution is -2.21. The van der Waals surface area contributed by atoms with E-state index in [1.54, 1.807) is 12.5 Å². The van der Waals surface area contributed by atoms with Gasteiger partial charge in [-0.2, -0.15) is 0 Å². The van der Waals surface area contributed by atoms with E-state index in [2.05, 4.69) is 4.98 Å². The Bertz CT molecular complexity index is 604. The van der Waals surface area contributed by atoms with Gasteiger partial charge in [-0.05, 0) is 13.0 Å². The number of sulfonamides is 1. The summed E-state index contributed by atoms with van der Waals surface area (Å²) in [6.07, 6.45) is 4.53. The van der Waals surface area contributed by atoms with Gasteiger partial charge in [0.05, 0.1) is 18.7 Å². The van der Waals surface area contributed by atoms with E-state index >= 15 is 0 Å². The maximum absolute atomic E-state index is 11.2. The number of aromatic nitrogens is 1. The zero-order valence-electron chi connectivity index (χ0n) is 9.74. The molecular weight excluding hydrogens is 274 g/mol. The minimum absolute atomic E-state index is 0.0724. The van der Waals surface area contributed by atoms with Crippen LogP contribution in [-0.4, -0.2) is 19.9 Å². The van der Waals surface area contributed by atoms with E-state index in [-0.39, 0.29) is 4.21 Å². The quantitative estimate of drug-likeness (QED) is 0.898. The van der Waals surface area contributed by atoms with Gasteiger partial charge in [-0.3, -0.25) is 0 Å². The predicted molar refractivity (Wildman–Crippen MR) is 68.9 cm³/mol. The lowest BCUT2D eigenvalue weighted by Gasteiger charge is -2.18. The van der Waals surface area contributed by atoms with Crippen LogP contribution in [0.2, 0.25) is 0 Å². The standard InChI is InChI=1S/C10H13N3O3S2/c1-2-13(6-8-3-4-16-7-8)10-12-5-9(17-10)18(11,14)15/h3-5,7H,2,6H2,1H3,(H2,11,14,15). The van der Waals surface area contributed by atoms with Crippen molar-refractivity contribution in [2.24, 2.45) is 5.14 Å². The molecule has 98 valence electrons. The van der Waals surface area contributed by atoms with Crippen LogP contribution in [0.15, 0.2) is 33.4 Å². The molecular formula is C10H13N3O3S2. The summed E-state index contributed by atoms with van der Waals surface area (Å²) in [5.41, 5.74) is 1.00. The molecule has 0 amide bonds. The molecule has 0 bridgehead atoms. The minimum Gasteiger partial charge on any atom is -0.472 e. The zero-order valence-corrected chi connectivity index (χ0v) is 11.4. The normalized spacial score (nSPS) is 11.7. The molecule has 0 saturated heterocycles. The smallest absolute Gasteiger partial charge is 0.249 e. The van der Waals surface area contributed by atoms with Gasteiger partial charge in [-0.25, -0.2) is 18.5 Å². The van der Waals surface area contributed by atoms with Crippen LogP contribution in [0.5, 0.6) is 0 Å². The lowest BCUT2D eigenvalue weighted by molar-refractivity contribution is 0.563. The number of primary sulfonamides is 1. The Hall–Kier alpha value is -1.38. The van der Waals surface area contributed by atoms with Crippen molar-refractivity contribution in [3.8, 4) is 0 Å². The maximum atomic E-state index is 11.2. The third-order valence-corrected chi connectivity index (χ3v) is 4.82. The van der Waals surface area contributed by atoms with Gasteiger partial charge in [0.25, 0.3) is 0 Å². The highest BCUT2D eigenvalue weighted by molar-refractivity contribution is 7.91. The number of thiazole rings is 1. The highest BCUT2D eigenvalue weighted by atomic mass is 32.2. The van der Waals surface area contributed by atoms with Crippen molar-refractivity contribution in [2.45, 2.75) is 17.7 Å². The van der Waals surface area contributed by atoms with Crippen molar-refractivity contribution in [1.29, 1.82) is 0 Å². The second-order valence-corrected chi connectivity index (χ2v) is 6.45. The molecule has 0 saturated carbocycles. The van der Waals surface area contributed by atoms with Crippen molar-refractivity contribution in [1.82, 2.24) is 4.98 Å². The van der Waals surface area contributed by atoms with Crippen molar-refractivity contribution >= 4 is 26.5 Å². The number of rotatable bonds is 5. The SMILES string of the molecule is CCN(Cc1ccoc1)c1ncc(S(N)(=O)=O)s1. The van der Waals surface area contributed by atoms with E-state index in [4.69, 9.17) is 9.56 Å². The van der Waals surface area contributed by atoms with Crippen LogP contribution in [0.3, 0.4) is 0 Å². The summed E-state index contributed by atoms with van der Waals surface area (Å²) in [5, 5.41) is 5.68. The molecule has 2 aromatic rings. The molecule has 0 aliphatic rings. The first-order chi connectivity index (χ1) is 8.50. The van der Waals surface area contributed by atoms with E-state index in [0.717, 1.165) is 16.9 Å². The summed E-state index contributed by atoms with van der Waals surface area (Å²) in [6.45, 7) is 3.30. The van der Waals surface area contributed by atoms with Gasteiger partial charge in [-0.1, -0.05) is 11.3 Å². The molecule has 0 radical (unpaired) electrons. The molecule has 0 fully saturated rings. The molecule has 2 rings (SSSR count). The van der Waals surface area contributed by atoms with E-state index in [9.17, 15) is 8.42 Å². The molecule has 0 unspecified atom stereocenters. The first-order valence-electron chi connectivity index (χ1n) is 5.25. The Morgan fingerprint density at radius 3 is 2.83 bits per heavy atom. The van der Waals surface area contributed by atoms with Gasteiger partial charge in [0, 0.05) is 18.7 Å². The largest absolute Gasteiger partial charge is 0.472 e. The van der Waals surface area contributed by atoms with Crippen LogP contribution in [0.25, 0.3) is 0 Å².